The zero-order valence-electron chi connectivity index (χ0n) is 13.6. The molecule has 1 amide bonds. The van der Waals surface area contributed by atoms with Crippen molar-refractivity contribution in [3.8, 4) is 0 Å². The second-order valence-corrected chi connectivity index (χ2v) is 6.05. The Balaban J connectivity index is 1.86. The predicted octanol–water partition coefficient (Wildman–Crippen LogP) is 3.55. The van der Waals surface area contributed by atoms with Gasteiger partial charge in [0, 0.05) is 24.3 Å². The summed E-state index contributed by atoms with van der Waals surface area (Å²) in [5.74, 6) is -1.36. The van der Waals surface area contributed by atoms with Gasteiger partial charge in [0.05, 0.1) is 11.3 Å². The number of carboxylic acid groups (broad SMARTS) is 1. The number of nitrogens with zero attached hydrogens (tertiary/aromatic N) is 1. The molecule has 2 aromatic carbocycles. The molecular formula is C19H20N2O3. The number of nitrogens with one attached hydrogen (secondary N) is 1. The lowest BCUT2D eigenvalue weighted by Gasteiger charge is -2.19. The molecule has 0 aromatic heterocycles. The molecule has 5 nitrogen and oxygen atoms in total. The third-order valence-electron chi connectivity index (χ3n) is 4.23. The molecule has 3 rings (SSSR count). The van der Waals surface area contributed by atoms with Gasteiger partial charge in [0.25, 0.3) is 5.91 Å². The summed E-state index contributed by atoms with van der Waals surface area (Å²) in [5.41, 5.74) is 2.80. The van der Waals surface area contributed by atoms with Gasteiger partial charge in [0.1, 0.15) is 0 Å². The topological polar surface area (TPSA) is 69.6 Å². The minimum Gasteiger partial charge on any atom is -0.478 e. The van der Waals surface area contributed by atoms with E-state index in [1.54, 1.807) is 30.3 Å². The van der Waals surface area contributed by atoms with Gasteiger partial charge in [-0.15, -0.1) is 0 Å². The van der Waals surface area contributed by atoms with E-state index in [1.807, 2.05) is 19.1 Å². The van der Waals surface area contributed by atoms with E-state index in [4.69, 9.17) is 0 Å². The number of hydrogen-bond acceptors (Lipinski definition) is 3. The van der Waals surface area contributed by atoms with Crippen LogP contribution >= 0.6 is 0 Å². The Kier molecular flexibility index (Phi) is 4.51. The Morgan fingerprint density at radius 3 is 2.50 bits per heavy atom. The molecule has 124 valence electrons. The number of hydrogen-bond donors (Lipinski definition) is 2. The van der Waals surface area contributed by atoms with Gasteiger partial charge in [-0.25, -0.2) is 4.79 Å². The molecule has 1 heterocycles. The van der Waals surface area contributed by atoms with Gasteiger partial charge in [-0.05, 0) is 50.1 Å². The lowest BCUT2D eigenvalue weighted by Crippen LogP contribution is -2.19. The fraction of sp³-hybridized carbons (Fsp3) is 0.263. The summed E-state index contributed by atoms with van der Waals surface area (Å²) in [4.78, 5) is 26.1. The number of aromatic carboxylic acids is 1. The third-order valence-corrected chi connectivity index (χ3v) is 4.23. The minimum absolute atomic E-state index is 0.111. The van der Waals surface area contributed by atoms with Crippen LogP contribution in [0.15, 0.2) is 42.5 Å². The van der Waals surface area contributed by atoms with Crippen LogP contribution in [0.25, 0.3) is 0 Å². The highest BCUT2D eigenvalue weighted by Gasteiger charge is 2.18. The minimum atomic E-state index is -1.05. The Morgan fingerprint density at radius 1 is 1.08 bits per heavy atom. The van der Waals surface area contributed by atoms with Gasteiger partial charge in [-0.3, -0.25) is 4.79 Å². The predicted molar refractivity (Wildman–Crippen MR) is 94.0 cm³/mol. The average Bonchev–Trinajstić information content (AvgIpc) is 3.09. The van der Waals surface area contributed by atoms with E-state index in [2.05, 4.69) is 10.2 Å². The van der Waals surface area contributed by atoms with Crippen LogP contribution in [0.3, 0.4) is 0 Å². The number of rotatable bonds is 4. The number of carbonyl (C=O) groups is 2. The first-order valence-corrected chi connectivity index (χ1v) is 8.05. The lowest BCUT2D eigenvalue weighted by molar-refractivity contribution is 0.0698. The molecule has 0 saturated carbocycles. The number of carboxylic acids is 1. The second-order valence-electron chi connectivity index (χ2n) is 6.05. The highest BCUT2D eigenvalue weighted by Crippen LogP contribution is 2.26. The van der Waals surface area contributed by atoms with Crippen LogP contribution in [0.4, 0.5) is 11.4 Å². The summed E-state index contributed by atoms with van der Waals surface area (Å²) in [7, 11) is 0. The van der Waals surface area contributed by atoms with Crippen molar-refractivity contribution in [2.45, 2.75) is 19.8 Å². The molecule has 1 aliphatic heterocycles. The Bertz CT molecular complexity index is 780. The van der Waals surface area contributed by atoms with Crippen molar-refractivity contribution < 1.29 is 14.7 Å². The largest absolute Gasteiger partial charge is 0.478 e. The van der Waals surface area contributed by atoms with Gasteiger partial charge in [-0.2, -0.15) is 0 Å². The summed E-state index contributed by atoms with van der Waals surface area (Å²) >= 11 is 0. The zero-order valence-corrected chi connectivity index (χ0v) is 13.6. The first kappa shape index (κ1) is 16.1. The SMILES string of the molecule is Cc1cccc(C(=O)Nc2ccc(N3CCCC3)cc2C(=O)O)c1. The van der Waals surface area contributed by atoms with Gasteiger partial charge in [0.2, 0.25) is 0 Å². The summed E-state index contributed by atoms with van der Waals surface area (Å²) < 4.78 is 0. The number of anilines is 2. The number of benzene rings is 2. The summed E-state index contributed by atoms with van der Waals surface area (Å²) in [6, 6.07) is 12.4. The molecule has 1 saturated heterocycles. The normalized spacial score (nSPS) is 13.8. The van der Waals surface area contributed by atoms with E-state index in [0.29, 0.717) is 11.3 Å². The van der Waals surface area contributed by atoms with Gasteiger partial charge < -0.3 is 15.3 Å². The van der Waals surface area contributed by atoms with Crippen LogP contribution in [0.1, 0.15) is 39.1 Å². The molecule has 0 unspecified atom stereocenters. The van der Waals surface area contributed by atoms with E-state index in [-0.39, 0.29) is 11.5 Å². The van der Waals surface area contributed by atoms with Gasteiger partial charge in [0.15, 0.2) is 0 Å². The van der Waals surface area contributed by atoms with Crippen molar-refractivity contribution >= 4 is 23.3 Å². The average molecular weight is 324 g/mol. The first-order chi connectivity index (χ1) is 11.5. The van der Waals surface area contributed by atoms with Gasteiger partial charge >= 0.3 is 5.97 Å². The second kappa shape index (κ2) is 6.74. The fourth-order valence-corrected chi connectivity index (χ4v) is 2.97. The van der Waals surface area contributed by atoms with Crippen LogP contribution in [0, 0.1) is 6.92 Å². The highest BCUT2D eigenvalue weighted by atomic mass is 16.4. The number of carbonyl (C=O) groups excluding carboxylic acids is 1. The summed E-state index contributed by atoms with van der Waals surface area (Å²) in [6.07, 6.45) is 2.24. The first-order valence-electron chi connectivity index (χ1n) is 8.05. The number of aryl methyl sites for hydroxylation is 1. The van der Waals surface area contributed by atoms with E-state index >= 15 is 0 Å². The Labute approximate surface area is 140 Å². The lowest BCUT2D eigenvalue weighted by atomic mass is 10.1. The van der Waals surface area contributed by atoms with E-state index in [0.717, 1.165) is 37.2 Å². The van der Waals surface area contributed by atoms with Crippen LogP contribution < -0.4 is 10.2 Å². The molecule has 0 spiro atoms. The van der Waals surface area contributed by atoms with Gasteiger partial charge in [-0.1, -0.05) is 17.7 Å². The van der Waals surface area contributed by atoms with E-state index in [9.17, 15) is 14.7 Å². The maximum Gasteiger partial charge on any atom is 0.337 e. The van der Waals surface area contributed by atoms with E-state index in [1.165, 1.54) is 0 Å². The molecule has 0 atom stereocenters. The molecule has 0 aliphatic carbocycles. The maximum absolute atomic E-state index is 12.4. The molecule has 2 aromatic rings. The zero-order chi connectivity index (χ0) is 17.1. The Hall–Kier alpha value is -2.82. The van der Waals surface area contributed by atoms with Crippen molar-refractivity contribution in [1.29, 1.82) is 0 Å². The fourth-order valence-electron chi connectivity index (χ4n) is 2.97. The number of amides is 1. The van der Waals surface area contributed by atoms with Crippen LogP contribution in [0.2, 0.25) is 0 Å². The maximum atomic E-state index is 12.4. The van der Waals surface area contributed by atoms with Crippen molar-refractivity contribution in [2.24, 2.45) is 0 Å². The molecule has 0 bridgehead atoms. The van der Waals surface area contributed by atoms with Crippen molar-refractivity contribution in [1.82, 2.24) is 0 Å². The van der Waals surface area contributed by atoms with Crippen LogP contribution in [-0.4, -0.2) is 30.1 Å². The molecule has 5 heteroatoms. The van der Waals surface area contributed by atoms with Crippen LogP contribution in [0.5, 0.6) is 0 Å². The molecule has 2 N–H and O–H groups in total. The summed E-state index contributed by atoms with van der Waals surface area (Å²) in [6.45, 7) is 3.78. The van der Waals surface area contributed by atoms with Crippen molar-refractivity contribution in [3.05, 3.63) is 59.2 Å². The molecule has 1 aliphatic rings. The monoisotopic (exact) mass is 324 g/mol. The standard InChI is InChI=1S/C19H20N2O3/c1-13-5-4-6-14(11-13)18(22)20-17-8-7-15(12-16(17)19(23)24)21-9-2-3-10-21/h4-8,11-12H,2-3,9-10H2,1H3,(H,20,22)(H,23,24). The Morgan fingerprint density at radius 2 is 1.83 bits per heavy atom. The summed E-state index contributed by atoms with van der Waals surface area (Å²) in [5, 5.41) is 12.2. The third kappa shape index (κ3) is 3.40. The quantitative estimate of drug-likeness (QED) is 0.902. The molecule has 24 heavy (non-hydrogen) atoms. The molecule has 1 fully saturated rings. The molecular weight excluding hydrogens is 304 g/mol. The van der Waals surface area contributed by atoms with Crippen molar-refractivity contribution in [3.63, 3.8) is 0 Å². The van der Waals surface area contributed by atoms with E-state index < -0.39 is 5.97 Å². The highest BCUT2D eigenvalue weighted by molar-refractivity contribution is 6.08. The van der Waals surface area contributed by atoms with Crippen molar-refractivity contribution in [2.75, 3.05) is 23.3 Å². The van der Waals surface area contributed by atoms with Crippen LogP contribution in [-0.2, 0) is 0 Å². The molecule has 0 radical (unpaired) electrons. The smallest absolute Gasteiger partial charge is 0.337 e.